The summed E-state index contributed by atoms with van der Waals surface area (Å²) >= 11 is 1.34. The summed E-state index contributed by atoms with van der Waals surface area (Å²) in [6, 6.07) is 22.8. The van der Waals surface area contributed by atoms with Crippen LogP contribution in [0.5, 0.6) is 11.5 Å². The highest BCUT2D eigenvalue weighted by Gasteiger charge is 2.33. The van der Waals surface area contributed by atoms with Gasteiger partial charge in [-0.3, -0.25) is 9.36 Å². The van der Waals surface area contributed by atoms with Crippen LogP contribution in [0.15, 0.2) is 88.2 Å². The second-order valence-corrected chi connectivity index (χ2v) is 10.1. The van der Waals surface area contributed by atoms with Gasteiger partial charge in [0.25, 0.3) is 5.56 Å². The molecule has 38 heavy (non-hydrogen) atoms. The number of carbonyl (C=O) groups is 1. The van der Waals surface area contributed by atoms with Gasteiger partial charge in [-0.1, -0.05) is 65.9 Å². The number of carboxylic acids is 1. The van der Waals surface area contributed by atoms with Crippen LogP contribution < -0.4 is 24.4 Å². The number of para-hydroxylation sites is 1. The van der Waals surface area contributed by atoms with E-state index < -0.39 is 12.6 Å². The van der Waals surface area contributed by atoms with Gasteiger partial charge in [0.05, 0.1) is 23.4 Å². The maximum Gasteiger partial charge on any atom is 0.341 e. The van der Waals surface area contributed by atoms with E-state index >= 15 is 0 Å². The number of carboxylic acid groups (broad SMARTS) is 1. The lowest BCUT2D eigenvalue weighted by molar-refractivity contribution is -0.139. The van der Waals surface area contributed by atoms with Gasteiger partial charge in [0.1, 0.15) is 11.5 Å². The molecule has 1 aliphatic heterocycles. The summed E-state index contributed by atoms with van der Waals surface area (Å²) < 4.78 is 13.4. The van der Waals surface area contributed by atoms with Gasteiger partial charge in [0.2, 0.25) is 0 Å². The Morgan fingerprint density at radius 3 is 2.76 bits per heavy atom. The Morgan fingerprint density at radius 1 is 1.11 bits per heavy atom. The molecule has 0 radical (unpaired) electrons. The van der Waals surface area contributed by atoms with Crippen LogP contribution in [0.3, 0.4) is 0 Å². The molecule has 0 amide bonds. The third-order valence-corrected chi connectivity index (χ3v) is 7.81. The average Bonchev–Trinajstić information content (AvgIpc) is 3.25. The molecule has 2 heterocycles. The van der Waals surface area contributed by atoms with Crippen LogP contribution in [-0.4, -0.2) is 29.4 Å². The number of thiazole rings is 1. The highest BCUT2D eigenvalue weighted by atomic mass is 32.1. The van der Waals surface area contributed by atoms with E-state index in [2.05, 4.69) is 12.1 Å². The van der Waals surface area contributed by atoms with Crippen molar-refractivity contribution in [1.29, 1.82) is 0 Å². The predicted octanol–water partition coefficient (Wildman–Crippen LogP) is 3.79. The second kappa shape index (κ2) is 9.79. The number of benzene rings is 3. The van der Waals surface area contributed by atoms with Gasteiger partial charge in [-0.05, 0) is 53.8 Å². The molecule has 0 saturated heterocycles. The molecule has 0 unspecified atom stereocenters. The third kappa shape index (κ3) is 4.22. The zero-order valence-electron chi connectivity index (χ0n) is 20.6. The van der Waals surface area contributed by atoms with E-state index in [4.69, 9.17) is 19.6 Å². The molecule has 1 aliphatic carbocycles. The first-order chi connectivity index (χ1) is 18.5. The molecule has 1 N–H and O–H groups in total. The van der Waals surface area contributed by atoms with Gasteiger partial charge in [-0.15, -0.1) is 0 Å². The SMILES string of the molecule is COc1ccccc1[C@@H]1C2=C(N=c3s/c(=C/c4cccc(OCC(=O)O)c4)c(=O)n31)c1ccccc1CC2. The molecule has 0 spiro atoms. The number of nitrogens with zero attached hydrogens (tertiary/aromatic N) is 2. The number of aromatic nitrogens is 1. The highest BCUT2D eigenvalue weighted by Crippen LogP contribution is 2.43. The zero-order valence-corrected chi connectivity index (χ0v) is 21.4. The van der Waals surface area contributed by atoms with Crippen molar-refractivity contribution in [2.75, 3.05) is 13.7 Å². The summed E-state index contributed by atoms with van der Waals surface area (Å²) in [7, 11) is 1.65. The van der Waals surface area contributed by atoms with E-state index in [1.54, 1.807) is 36.0 Å². The van der Waals surface area contributed by atoms with Gasteiger partial charge < -0.3 is 14.6 Å². The molecule has 190 valence electrons. The van der Waals surface area contributed by atoms with Crippen molar-refractivity contribution in [2.24, 2.45) is 4.99 Å². The number of hydrogen-bond acceptors (Lipinski definition) is 6. The molecule has 1 aromatic heterocycles. The van der Waals surface area contributed by atoms with E-state index in [0.29, 0.717) is 15.1 Å². The second-order valence-electron chi connectivity index (χ2n) is 9.11. The number of rotatable bonds is 6. The van der Waals surface area contributed by atoms with E-state index in [0.717, 1.165) is 46.6 Å². The van der Waals surface area contributed by atoms with Crippen molar-refractivity contribution in [3.8, 4) is 11.5 Å². The van der Waals surface area contributed by atoms with Crippen LogP contribution in [0.4, 0.5) is 0 Å². The summed E-state index contributed by atoms with van der Waals surface area (Å²) in [4.78, 5) is 30.5. The standard InChI is InChI=1S/C30H24N2O5S/c1-36-24-12-5-4-11-22(24)28-23-14-13-19-8-2-3-10-21(19)27(23)31-30-32(28)29(35)25(38-30)16-18-7-6-9-20(15-18)37-17-26(33)34/h2-12,15-16,28H,13-14,17H2,1H3,(H,33,34)/b25-16+/t28-/m1/s1. The fraction of sp³-hybridized carbons (Fsp3) is 0.167. The minimum atomic E-state index is -1.05. The molecule has 4 aromatic rings. The number of hydrogen-bond donors (Lipinski definition) is 1. The Hall–Kier alpha value is -4.43. The fourth-order valence-corrected chi connectivity index (χ4v) is 6.18. The number of aliphatic carboxylic acids is 1. The van der Waals surface area contributed by atoms with E-state index in [1.165, 1.54) is 16.9 Å². The molecule has 0 bridgehead atoms. The number of fused-ring (bicyclic) bond motifs is 3. The van der Waals surface area contributed by atoms with Crippen LogP contribution in [0.2, 0.25) is 0 Å². The van der Waals surface area contributed by atoms with Crippen molar-refractivity contribution in [3.63, 3.8) is 0 Å². The van der Waals surface area contributed by atoms with Crippen molar-refractivity contribution in [3.05, 3.63) is 120 Å². The molecule has 6 rings (SSSR count). The third-order valence-electron chi connectivity index (χ3n) is 6.82. The van der Waals surface area contributed by atoms with Crippen LogP contribution in [-0.2, 0) is 11.2 Å². The van der Waals surface area contributed by atoms with Gasteiger partial charge in [0.15, 0.2) is 11.4 Å². The fourth-order valence-electron chi connectivity index (χ4n) is 5.18. The smallest absolute Gasteiger partial charge is 0.341 e. The lowest BCUT2D eigenvalue weighted by atomic mass is 9.83. The van der Waals surface area contributed by atoms with Gasteiger partial charge in [-0.25, -0.2) is 9.79 Å². The first kappa shape index (κ1) is 23.9. The summed E-state index contributed by atoms with van der Waals surface area (Å²) in [5.41, 5.74) is 5.93. The summed E-state index contributed by atoms with van der Waals surface area (Å²) in [6.45, 7) is -0.433. The highest BCUT2D eigenvalue weighted by molar-refractivity contribution is 7.07. The van der Waals surface area contributed by atoms with Crippen LogP contribution in [0.1, 0.15) is 34.7 Å². The topological polar surface area (TPSA) is 90.1 Å². The summed E-state index contributed by atoms with van der Waals surface area (Å²) in [5.74, 6) is 0.0986. The molecular formula is C30H24N2O5S. The van der Waals surface area contributed by atoms with Crippen LogP contribution >= 0.6 is 11.3 Å². The Kier molecular flexibility index (Phi) is 6.17. The Labute approximate surface area is 222 Å². The largest absolute Gasteiger partial charge is 0.496 e. The monoisotopic (exact) mass is 524 g/mol. The van der Waals surface area contributed by atoms with Gasteiger partial charge >= 0.3 is 5.97 Å². The first-order valence-electron chi connectivity index (χ1n) is 12.2. The van der Waals surface area contributed by atoms with Crippen molar-refractivity contribution >= 4 is 29.1 Å². The minimum Gasteiger partial charge on any atom is -0.496 e. The van der Waals surface area contributed by atoms with Crippen LogP contribution in [0.25, 0.3) is 11.8 Å². The van der Waals surface area contributed by atoms with E-state index in [-0.39, 0.29) is 11.6 Å². The molecule has 0 saturated carbocycles. The molecule has 2 aliphatic rings. The number of ether oxygens (including phenoxy) is 2. The van der Waals surface area contributed by atoms with E-state index in [1.807, 2.05) is 42.5 Å². The normalized spacial score (nSPS) is 16.2. The van der Waals surface area contributed by atoms with Crippen molar-refractivity contribution in [1.82, 2.24) is 4.57 Å². The van der Waals surface area contributed by atoms with Crippen molar-refractivity contribution < 1.29 is 19.4 Å². The molecule has 1 atom stereocenters. The first-order valence-corrected chi connectivity index (χ1v) is 13.1. The van der Waals surface area contributed by atoms with Crippen molar-refractivity contribution in [2.45, 2.75) is 18.9 Å². The molecule has 8 heteroatoms. The predicted molar refractivity (Wildman–Crippen MR) is 145 cm³/mol. The van der Waals surface area contributed by atoms with E-state index in [9.17, 15) is 9.59 Å². The molecule has 3 aromatic carbocycles. The maximum absolute atomic E-state index is 13.9. The Balaban J connectivity index is 1.55. The summed E-state index contributed by atoms with van der Waals surface area (Å²) in [6.07, 6.45) is 3.47. The molecule has 7 nitrogen and oxygen atoms in total. The number of methoxy groups -OCH3 is 1. The minimum absolute atomic E-state index is 0.132. The van der Waals surface area contributed by atoms with Gasteiger partial charge in [0, 0.05) is 11.1 Å². The lowest BCUT2D eigenvalue weighted by Crippen LogP contribution is -2.39. The number of aryl methyl sites for hydroxylation is 1. The average molecular weight is 525 g/mol. The Morgan fingerprint density at radius 2 is 1.92 bits per heavy atom. The zero-order chi connectivity index (χ0) is 26.2. The number of allylic oxidation sites excluding steroid dienone is 1. The Bertz CT molecular complexity index is 1780. The summed E-state index contributed by atoms with van der Waals surface area (Å²) in [5, 5.41) is 8.92. The quantitative estimate of drug-likeness (QED) is 0.415. The van der Waals surface area contributed by atoms with Crippen LogP contribution in [0, 0.1) is 0 Å². The van der Waals surface area contributed by atoms with Gasteiger partial charge in [-0.2, -0.15) is 0 Å². The maximum atomic E-state index is 13.9. The molecular weight excluding hydrogens is 500 g/mol. The lowest BCUT2D eigenvalue weighted by Gasteiger charge is -2.31. The molecule has 0 fully saturated rings.